The summed E-state index contributed by atoms with van der Waals surface area (Å²) >= 11 is 0. The van der Waals surface area contributed by atoms with E-state index in [1.54, 1.807) is 7.11 Å². The zero-order chi connectivity index (χ0) is 9.68. The van der Waals surface area contributed by atoms with Gasteiger partial charge in [-0.25, -0.2) is 0 Å². The van der Waals surface area contributed by atoms with E-state index in [9.17, 15) is 4.79 Å². The highest BCUT2D eigenvalue weighted by Crippen LogP contribution is 2.27. The van der Waals surface area contributed by atoms with Crippen LogP contribution < -0.4 is 0 Å². The van der Waals surface area contributed by atoms with Crippen LogP contribution in [0.2, 0.25) is 0 Å². The lowest BCUT2D eigenvalue weighted by molar-refractivity contribution is -0.117. The van der Waals surface area contributed by atoms with Crippen molar-refractivity contribution in [1.82, 2.24) is 0 Å². The Morgan fingerprint density at radius 3 is 2.69 bits per heavy atom. The molecule has 0 heterocycles. The molecule has 0 aromatic rings. The van der Waals surface area contributed by atoms with Crippen molar-refractivity contribution in [3.8, 4) is 0 Å². The van der Waals surface area contributed by atoms with Crippen molar-refractivity contribution in [1.29, 1.82) is 0 Å². The lowest BCUT2D eigenvalue weighted by Gasteiger charge is -2.22. The fourth-order valence-corrected chi connectivity index (χ4v) is 2.19. The lowest BCUT2D eigenvalue weighted by Crippen LogP contribution is -2.23. The third-order valence-electron chi connectivity index (χ3n) is 2.88. The van der Waals surface area contributed by atoms with Crippen molar-refractivity contribution in [2.75, 3.05) is 7.11 Å². The summed E-state index contributed by atoms with van der Waals surface area (Å²) in [6, 6.07) is 0. The standard InChI is InChI=1S/C11H19O2/c1-9(12)8-10-6-4-3-5-7-11(10)13-2/h10-11H,1,3-8H2,2H3. The summed E-state index contributed by atoms with van der Waals surface area (Å²) in [6.45, 7) is 3.44. The van der Waals surface area contributed by atoms with Crippen molar-refractivity contribution in [2.24, 2.45) is 5.92 Å². The van der Waals surface area contributed by atoms with Crippen molar-refractivity contribution < 1.29 is 9.53 Å². The first kappa shape index (κ1) is 10.7. The number of ketones is 1. The van der Waals surface area contributed by atoms with Crippen LogP contribution >= 0.6 is 0 Å². The normalized spacial score (nSPS) is 29.7. The third-order valence-corrected chi connectivity index (χ3v) is 2.88. The number of Topliss-reactive ketones (excluding diaryl/α,β-unsaturated/α-hetero) is 1. The van der Waals surface area contributed by atoms with Crippen LogP contribution in [0, 0.1) is 12.8 Å². The predicted molar refractivity (Wildman–Crippen MR) is 52.4 cm³/mol. The zero-order valence-corrected chi connectivity index (χ0v) is 8.42. The van der Waals surface area contributed by atoms with E-state index >= 15 is 0 Å². The van der Waals surface area contributed by atoms with Gasteiger partial charge in [-0.15, -0.1) is 0 Å². The van der Waals surface area contributed by atoms with Crippen LogP contribution in [0.3, 0.4) is 0 Å². The molecule has 13 heavy (non-hydrogen) atoms. The van der Waals surface area contributed by atoms with E-state index in [0.29, 0.717) is 12.3 Å². The molecule has 1 aliphatic rings. The van der Waals surface area contributed by atoms with E-state index in [2.05, 4.69) is 6.92 Å². The van der Waals surface area contributed by atoms with Gasteiger partial charge in [-0.2, -0.15) is 0 Å². The number of carbonyl (C=O) groups excluding carboxylic acids is 1. The van der Waals surface area contributed by atoms with Gasteiger partial charge in [0.25, 0.3) is 0 Å². The summed E-state index contributed by atoms with van der Waals surface area (Å²) in [6.07, 6.45) is 6.86. The molecule has 0 spiro atoms. The maximum atomic E-state index is 10.9. The smallest absolute Gasteiger partial charge is 0.133 e. The van der Waals surface area contributed by atoms with E-state index in [0.717, 1.165) is 12.8 Å². The van der Waals surface area contributed by atoms with Crippen LogP contribution in [0.25, 0.3) is 0 Å². The van der Waals surface area contributed by atoms with Gasteiger partial charge in [0, 0.05) is 20.5 Å². The topological polar surface area (TPSA) is 26.3 Å². The zero-order valence-electron chi connectivity index (χ0n) is 8.42. The molecule has 0 aromatic heterocycles. The van der Waals surface area contributed by atoms with Gasteiger partial charge in [-0.3, -0.25) is 4.79 Å². The second-order valence-electron chi connectivity index (χ2n) is 3.92. The molecule has 0 N–H and O–H groups in total. The number of methoxy groups -OCH3 is 1. The van der Waals surface area contributed by atoms with E-state index in [-0.39, 0.29) is 11.9 Å². The minimum atomic E-state index is 0.0500. The summed E-state index contributed by atoms with van der Waals surface area (Å²) in [5.74, 6) is 0.464. The Morgan fingerprint density at radius 2 is 2.08 bits per heavy atom. The third kappa shape index (κ3) is 3.47. The molecule has 75 valence electrons. The van der Waals surface area contributed by atoms with Gasteiger partial charge in [-0.1, -0.05) is 19.3 Å². The van der Waals surface area contributed by atoms with Gasteiger partial charge in [-0.05, 0) is 18.8 Å². The number of rotatable bonds is 3. The van der Waals surface area contributed by atoms with Gasteiger partial charge in [0.2, 0.25) is 0 Å². The minimum absolute atomic E-state index is 0.0500. The van der Waals surface area contributed by atoms with Gasteiger partial charge in [0.15, 0.2) is 0 Å². The average molecular weight is 183 g/mol. The second-order valence-corrected chi connectivity index (χ2v) is 3.92. The molecule has 1 radical (unpaired) electrons. The molecule has 0 bridgehead atoms. The second kappa shape index (κ2) is 5.38. The molecular weight excluding hydrogens is 164 g/mol. The maximum Gasteiger partial charge on any atom is 0.133 e. The summed E-state index contributed by atoms with van der Waals surface area (Å²) in [5.41, 5.74) is 0. The monoisotopic (exact) mass is 183 g/mol. The summed E-state index contributed by atoms with van der Waals surface area (Å²) < 4.78 is 5.40. The maximum absolute atomic E-state index is 10.9. The van der Waals surface area contributed by atoms with Crippen molar-refractivity contribution in [2.45, 2.75) is 44.6 Å². The highest BCUT2D eigenvalue weighted by atomic mass is 16.5. The Kier molecular flexibility index (Phi) is 4.43. The first-order valence-electron chi connectivity index (χ1n) is 5.11. The molecule has 1 rings (SSSR count). The molecule has 1 saturated carbocycles. The number of hydrogen-bond donors (Lipinski definition) is 0. The number of carbonyl (C=O) groups is 1. The van der Waals surface area contributed by atoms with Crippen molar-refractivity contribution in [3.05, 3.63) is 6.92 Å². The van der Waals surface area contributed by atoms with E-state index in [1.165, 1.54) is 19.3 Å². The summed E-state index contributed by atoms with van der Waals surface area (Å²) in [7, 11) is 1.75. The highest BCUT2D eigenvalue weighted by molar-refractivity contribution is 5.82. The fraction of sp³-hybridized carbons (Fsp3) is 0.818. The van der Waals surface area contributed by atoms with Crippen LogP contribution in [-0.4, -0.2) is 19.0 Å². The van der Waals surface area contributed by atoms with Crippen LogP contribution in [-0.2, 0) is 9.53 Å². The Morgan fingerprint density at radius 1 is 1.38 bits per heavy atom. The van der Waals surface area contributed by atoms with Crippen molar-refractivity contribution >= 4 is 5.78 Å². The molecule has 2 atom stereocenters. The van der Waals surface area contributed by atoms with E-state index < -0.39 is 0 Å². The van der Waals surface area contributed by atoms with Gasteiger partial charge >= 0.3 is 0 Å². The van der Waals surface area contributed by atoms with Gasteiger partial charge in [0.1, 0.15) is 5.78 Å². The summed E-state index contributed by atoms with van der Waals surface area (Å²) in [5, 5.41) is 0. The first-order valence-corrected chi connectivity index (χ1v) is 5.11. The van der Waals surface area contributed by atoms with Gasteiger partial charge < -0.3 is 4.74 Å². The molecule has 0 aliphatic heterocycles. The molecule has 2 unspecified atom stereocenters. The molecule has 2 nitrogen and oxygen atoms in total. The number of hydrogen-bond acceptors (Lipinski definition) is 2. The Hall–Kier alpha value is -0.370. The fourth-order valence-electron chi connectivity index (χ4n) is 2.19. The minimum Gasteiger partial charge on any atom is -0.381 e. The molecule has 0 amide bonds. The van der Waals surface area contributed by atoms with E-state index in [4.69, 9.17) is 4.74 Å². The Bertz CT molecular complexity index is 165. The molecule has 0 aromatic carbocycles. The first-order chi connectivity index (χ1) is 6.24. The number of ether oxygens (including phenoxy) is 1. The predicted octanol–water partition coefficient (Wildman–Crippen LogP) is 2.37. The molecule has 1 aliphatic carbocycles. The van der Waals surface area contributed by atoms with E-state index in [1.807, 2.05) is 0 Å². The molecule has 1 fully saturated rings. The highest BCUT2D eigenvalue weighted by Gasteiger charge is 2.24. The van der Waals surface area contributed by atoms with Crippen LogP contribution in [0.15, 0.2) is 0 Å². The van der Waals surface area contributed by atoms with Crippen molar-refractivity contribution in [3.63, 3.8) is 0 Å². The Balaban J connectivity index is 2.48. The largest absolute Gasteiger partial charge is 0.381 e. The molecule has 2 heteroatoms. The van der Waals surface area contributed by atoms with Crippen LogP contribution in [0.4, 0.5) is 0 Å². The summed E-state index contributed by atoms with van der Waals surface area (Å²) in [4.78, 5) is 10.9. The molecule has 0 saturated heterocycles. The molecular formula is C11H19O2. The van der Waals surface area contributed by atoms with Gasteiger partial charge in [0.05, 0.1) is 6.10 Å². The SMILES string of the molecule is [CH2]C(=O)CC1CCCCCC1OC. The lowest BCUT2D eigenvalue weighted by atomic mass is 9.92. The quantitative estimate of drug-likeness (QED) is 0.628. The van der Waals surface area contributed by atoms with Crippen LogP contribution in [0.5, 0.6) is 0 Å². The van der Waals surface area contributed by atoms with Crippen LogP contribution in [0.1, 0.15) is 38.5 Å². The average Bonchev–Trinajstić information content (AvgIpc) is 2.28. The Labute approximate surface area is 80.7 Å².